The van der Waals surface area contributed by atoms with Crippen molar-refractivity contribution in [3.8, 4) is 0 Å². The molecule has 1 N–H and O–H groups in total. The summed E-state index contributed by atoms with van der Waals surface area (Å²) in [5.74, 6) is -2.30. The van der Waals surface area contributed by atoms with Crippen molar-refractivity contribution in [2.24, 2.45) is 0 Å². The Balaban J connectivity index is 1.34. The van der Waals surface area contributed by atoms with Gasteiger partial charge in [0.15, 0.2) is 30.9 Å². The van der Waals surface area contributed by atoms with E-state index >= 15 is 0 Å². The van der Waals surface area contributed by atoms with Crippen molar-refractivity contribution in [1.82, 2.24) is 0 Å². The van der Waals surface area contributed by atoms with Crippen LogP contribution in [-0.4, -0.2) is 97.6 Å². The van der Waals surface area contributed by atoms with E-state index in [-0.39, 0.29) is 33.0 Å². The van der Waals surface area contributed by atoms with Crippen molar-refractivity contribution >= 4 is 17.9 Å². The molecule has 0 spiro atoms. The van der Waals surface area contributed by atoms with Gasteiger partial charge in [-0.2, -0.15) is 0 Å². The van der Waals surface area contributed by atoms with Crippen LogP contribution in [0.4, 0.5) is 0 Å². The van der Waals surface area contributed by atoms with E-state index in [1.54, 1.807) is 0 Å². The highest BCUT2D eigenvalue weighted by Gasteiger charge is 2.53. The average molecular weight is 829 g/mol. The Morgan fingerprint density at radius 1 is 0.450 bits per heavy atom. The number of carbonyl (C=O) groups excluding carboxylic acids is 3. The normalized spacial score (nSPS) is 26.5. The summed E-state index contributed by atoms with van der Waals surface area (Å²) in [6, 6.07) is 38.7. The van der Waals surface area contributed by atoms with Crippen molar-refractivity contribution < 1.29 is 66.9 Å². The smallest absolute Gasteiger partial charge is 0.303 e. The zero-order valence-corrected chi connectivity index (χ0v) is 33.8. The van der Waals surface area contributed by atoms with Gasteiger partial charge in [0.1, 0.15) is 30.5 Å². The Bertz CT molecular complexity index is 1900. The van der Waals surface area contributed by atoms with Crippen LogP contribution in [-0.2, 0) is 88.2 Å². The minimum Gasteiger partial charge on any atom is -0.456 e. The van der Waals surface area contributed by atoms with Crippen molar-refractivity contribution in [3.63, 3.8) is 0 Å². The zero-order valence-electron chi connectivity index (χ0n) is 33.8. The molecule has 0 unspecified atom stereocenters. The van der Waals surface area contributed by atoms with Crippen molar-refractivity contribution in [2.45, 2.75) is 109 Å². The average Bonchev–Trinajstić information content (AvgIpc) is 3.24. The van der Waals surface area contributed by atoms with Crippen LogP contribution in [0.2, 0.25) is 0 Å². The van der Waals surface area contributed by atoms with E-state index in [9.17, 15) is 19.5 Å². The minimum absolute atomic E-state index is 0.0676. The highest BCUT2D eigenvalue weighted by molar-refractivity contribution is 5.68. The van der Waals surface area contributed by atoms with Gasteiger partial charge in [-0.3, -0.25) is 14.4 Å². The molecule has 10 atom stereocenters. The van der Waals surface area contributed by atoms with Gasteiger partial charge in [-0.05, 0) is 22.3 Å². The summed E-state index contributed by atoms with van der Waals surface area (Å²) in [6.07, 6.45) is -11.8. The third-order valence-corrected chi connectivity index (χ3v) is 9.78. The number of hydrogen-bond acceptors (Lipinski definition) is 14. The maximum atomic E-state index is 12.4. The summed E-state index contributed by atoms with van der Waals surface area (Å²) >= 11 is 0. The van der Waals surface area contributed by atoms with Crippen LogP contribution in [0.3, 0.4) is 0 Å². The molecular weight excluding hydrogens is 776 g/mol. The number of rotatable bonds is 19. The Labute approximate surface area is 349 Å². The molecule has 0 bridgehead atoms. The third-order valence-electron chi connectivity index (χ3n) is 9.78. The molecule has 4 aromatic rings. The summed E-state index contributed by atoms with van der Waals surface area (Å²) in [5, 5.41) is 11.1. The highest BCUT2D eigenvalue weighted by atomic mass is 16.7. The van der Waals surface area contributed by atoms with E-state index < -0.39 is 79.3 Å². The number of ether oxygens (including phenoxy) is 10. The van der Waals surface area contributed by atoms with Crippen LogP contribution in [0.15, 0.2) is 121 Å². The van der Waals surface area contributed by atoms with Crippen molar-refractivity contribution in [2.75, 3.05) is 13.2 Å². The molecule has 0 radical (unpaired) electrons. The molecule has 0 saturated carbocycles. The minimum atomic E-state index is -1.78. The van der Waals surface area contributed by atoms with E-state index in [0.717, 1.165) is 43.0 Å². The van der Waals surface area contributed by atoms with Crippen LogP contribution in [0, 0.1) is 0 Å². The van der Waals surface area contributed by atoms with E-state index in [2.05, 4.69) is 0 Å². The van der Waals surface area contributed by atoms with Gasteiger partial charge in [-0.15, -0.1) is 0 Å². The largest absolute Gasteiger partial charge is 0.456 e. The van der Waals surface area contributed by atoms with Gasteiger partial charge >= 0.3 is 17.9 Å². The number of aliphatic hydroxyl groups excluding tert-OH is 1. The van der Waals surface area contributed by atoms with Gasteiger partial charge in [0.2, 0.25) is 0 Å². The second-order valence-electron chi connectivity index (χ2n) is 14.4. The van der Waals surface area contributed by atoms with Gasteiger partial charge < -0.3 is 52.5 Å². The Kier molecular flexibility index (Phi) is 16.7. The van der Waals surface area contributed by atoms with Gasteiger partial charge in [0.25, 0.3) is 0 Å². The summed E-state index contributed by atoms with van der Waals surface area (Å²) in [7, 11) is 0. The first-order valence-electron chi connectivity index (χ1n) is 19.8. The second kappa shape index (κ2) is 22.5. The molecule has 2 fully saturated rings. The van der Waals surface area contributed by atoms with Crippen molar-refractivity contribution in [3.05, 3.63) is 144 Å². The molecule has 0 aliphatic carbocycles. The van der Waals surface area contributed by atoms with E-state index in [1.165, 1.54) is 0 Å². The SMILES string of the molecule is CC(=O)O[C@@H]1[C@@H](OC(C)=O)[C@@H](O)O[C@H](CO[C@@H]2O[C@H](COCc3ccccc3)[C@@H](OCc3ccccc3)[C@H](OCc3ccccc3)[C@@H]2OCc2ccccc2)[C@H]1OC(C)=O. The van der Waals surface area contributed by atoms with Crippen LogP contribution < -0.4 is 0 Å². The van der Waals surface area contributed by atoms with Gasteiger partial charge in [0.05, 0.1) is 39.6 Å². The highest BCUT2D eigenvalue weighted by Crippen LogP contribution is 2.34. The topological polar surface area (TPSA) is 164 Å². The fourth-order valence-corrected chi connectivity index (χ4v) is 7.08. The lowest BCUT2D eigenvalue weighted by Crippen LogP contribution is -2.64. The molecule has 320 valence electrons. The lowest BCUT2D eigenvalue weighted by Gasteiger charge is -2.47. The molecule has 6 rings (SSSR count). The van der Waals surface area contributed by atoms with Crippen LogP contribution in [0.1, 0.15) is 43.0 Å². The maximum Gasteiger partial charge on any atom is 0.303 e. The van der Waals surface area contributed by atoms with E-state index in [0.29, 0.717) is 6.61 Å². The first-order chi connectivity index (χ1) is 29.1. The Morgan fingerprint density at radius 2 is 0.850 bits per heavy atom. The summed E-state index contributed by atoms with van der Waals surface area (Å²) in [6.45, 7) is 3.97. The fourth-order valence-electron chi connectivity index (χ4n) is 7.08. The van der Waals surface area contributed by atoms with Gasteiger partial charge in [-0.1, -0.05) is 121 Å². The molecule has 2 aliphatic heterocycles. The van der Waals surface area contributed by atoms with Gasteiger partial charge in [0, 0.05) is 20.8 Å². The first-order valence-corrected chi connectivity index (χ1v) is 19.8. The number of carbonyl (C=O) groups is 3. The molecule has 4 aromatic carbocycles. The Morgan fingerprint density at radius 3 is 1.33 bits per heavy atom. The molecule has 2 heterocycles. The lowest BCUT2D eigenvalue weighted by atomic mass is 9.97. The Hall–Kier alpha value is -5.03. The molecule has 60 heavy (non-hydrogen) atoms. The second-order valence-corrected chi connectivity index (χ2v) is 14.4. The predicted octanol–water partition coefficient (Wildman–Crippen LogP) is 5.21. The monoisotopic (exact) mass is 828 g/mol. The summed E-state index contributed by atoms with van der Waals surface area (Å²) < 4.78 is 61.9. The molecule has 14 heteroatoms. The molecular formula is C46H52O14. The van der Waals surface area contributed by atoms with Gasteiger partial charge in [-0.25, -0.2) is 0 Å². The van der Waals surface area contributed by atoms with Crippen LogP contribution in [0.25, 0.3) is 0 Å². The van der Waals surface area contributed by atoms with Crippen LogP contribution in [0.5, 0.6) is 0 Å². The zero-order chi connectivity index (χ0) is 42.3. The molecule has 0 aromatic heterocycles. The third kappa shape index (κ3) is 13.0. The van der Waals surface area contributed by atoms with E-state index in [1.807, 2.05) is 121 Å². The molecule has 14 nitrogen and oxygen atoms in total. The summed E-state index contributed by atoms with van der Waals surface area (Å²) in [5.41, 5.74) is 3.68. The number of benzene rings is 4. The van der Waals surface area contributed by atoms with Crippen LogP contribution >= 0.6 is 0 Å². The quantitative estimate of drug-likeness (QED) is 0.0968. The standard InChI is InChI=1S/C46H52O14/c1-30(47)56-40-38(59-45(50)43(58-32(3)49)42(40)57-31(2)48)29-55-46-44(54-27-36-22-14-7-15-23-36)41(53-26-35-20-12-6-13-21-35)39(52-25-34-18-10-5-11-19-34)37(60-46)28-51-24-33-16-8-4-9-17-33/h4-23,37-46,50H,24-29H2,1-3H3/t37-,38-,39-,40-,41+,42+,43-,44+,45+,46-/m1/s1. The number of hydrogen-bond donors (Lipinski definition) is 1. The fraction of sp³-hybridized carbons (Fsp3) is 0.413. The van der Waals surface area contributed by atoms with E-state index in [4.69, 9.17) is 47.4 Å². The number of esters is 3. The maximum absolute atomic E-state index is 12.4. The molecule has 2 saturated heterocycles. The van der Waals surface area contributed by atoms with Crippen molar-refractivity contribution in [1.29, 1.82) is 0 Å². The summed E-state index contributed by atoms with van der Waals surface area (Å²) in [4.78, 5) is 36.7. The lowest BCUT2D eigenvalue weighted by molar-refractivity contribution is -0.343. The predicted molar refractivity (Wildman–Crippen MR) is 213 cm³/mol. The molecule has 0 amide bonds. The number of aliphatic hydroxyl groups is 1. The molecule has 2 aliphatic rings. The first kappa shape index (κ1) is 44.5.